The Morgan fingerprint density at radius 3 is 2.44 bits per heavy atom. The Morgan fingerprint density at radius 2 is 1.69 bits per heavy atom. The van der Waals surface area contributed by atoms with Crippen LogP contribution in [0.3, 0.4) is 0 Å². The highest BCUT2D eigenvalue weighted by Gasteiger charge is 2.06. The Hall–Kier alpha value is -1.60. The van der Waals surface area contributed by atoms with Crippen molar-refractivity contribution in [3.63, 3.8) is 0 Å². The molecule has 0 aromatic rings. The Morgan fingerprint density at radius 1 is 1.00 bits per heavy atom. The molecular formula is C15H17N. The number of hydrogen-bond acceptors (Lipinski definition) is 1. The van der Waals surface area contributed by atoms with E-state index in [2.05, 4.69) is 48.5 Å². The zero-order chi connectivity index (χ0) is 11.6. The van der Waals surface area contributed by atoms with Gasteiger partial charge in [0.2, 0.25) is 0 Å². The van der Waals surface area contributed by atoms with E-state index < -0.39 is 0 Å². The molecule has 2 aliphatic rings. The molecule has 2 N–H and O–H groups in total. The van der Waals surface area contributed by atoms with Crippen LogP contribution in [0, 0.1) is 0 Å². The summed E-state index contributed by atoms with van der Waals surface area (Å²) in [7, 11) is 0. The van der Waals surface area contributed by atoms with E-state index in [0.29, 0.717) is 0 Å². The van der Waals surface area contributed by atoms with E-state index in [9.17, 15) is 0 Å². The van der Waals surface area contributed by atoms with Crippen LogP contribution in [0.25, 0.3) is 17.2 Å². The minimum Gasteiger partial charge on any atom is -0.322 e. The molecule has 0 heterocycles. The van der Waals surface area contributed by atoms with Crippen LogP contribution in [0.15, 0.2) is 48.5 Å². The van der Waals surface area contributed by atoms with Crippen LogP contribution in [0.5, 0.6) is 0 Å². The second-order valence-corrected chi connectivity index (χ2v) is 4.72. The Kier molecular flexibility index (Phi) is 2.80. The summed E-state index contributed by atoms with van der Waals surface area (Å²) in [6.45, 7) is 3.99. The van der Waals surface area contributed by atoms with Gasteiger partial charge in [-0.2, -0.15) is 0 Å². The smallest absolute Gasteiger partial charge is 0.0284 e. The lowest BCUT2D eigenvalue weighted by Crippen LogP contribution is -2.28. The van der Waals surface area contributed by atoms with Crippen molar-refractivity contribution < 1.29 is 0 Å². The maximum absolute atomic E-state index is 5.95. The van der Waals surface area contributed by atoms with Crippen molar-refractivity contribution in [1.29, 1.82) is 0 Å². The van der Waals surface area contributed by atoms with Crippen LogP contribution < -0.4 is 5.73 Å². The van der Waals surface area contributed by atoms with E-state index in [1.807, 2.05) is 19.9 Å². The molecule has 2 rings (SSSR count). The van der Waals surface area contributed by atoms with E-state index in [1.165, 1.54) is 16.7 Å². The summed E-state index contributed by atoms with van der Waals surface area (Å²) in [5.74, 6) is 0. The monoisotopic (exact) mass is 211 g/mol. The minimum absolute atomic E-state index is 0.271. The zero-order valence-corrected chi connectivity index (χ0v) is 9.77. The lowest BCUT2D eigenvalue weighted by molar-refractivity contribution is 0.657. The largest absolute Gasteiger partial charge is 0.322 e. The van der Waals surface area contributed by atoms with Crippen molar-refractivity contribution in [2.24, 2.45) is 5.73 Å². The van der Waals surface area contributed by atoms with Gasteiger partial charge >= 0.3 is 0 Å². The third-order valence-electron chi connectivity index (χ3n) is 2.52. The van der Waals surface area contributed by atoms with Gasteiger partial charge in [-0.25, -0.2) is 0 Å². The Balaban J connectivity index is 2.44. The van der Waals surface area contributed by atoms with Crippen LogP contribution in [-0.4, -0.2) is 5.54 Å². The lowest BCUT2D eigenvalue weighted by Gasteiger charge is -2.11. The van der Waals surface area contributed by atoms with E-state index in [-0.39, 0.29) is 5.54 Å². The molecule has 1 nitrogen and oxygen atoms in total. The fourth-order valence-electron chi connectivity index (χ4n) is 1.70. The molecule has 16 heavy (non-hydrogen) atoms. The Bertz CT molecular complexity index is 477. The first-order valence-corrected chi connectivity index (χ1v) is 5.52. The molecule has 0 bridgehead atoms. The van der Waals surface area contributed by atoms with E-state index >= 15 is 0 Å². The van der Waals surface area contributed by atoms with Crippen molar-refractivity contribution >= 4 is 6.08 Å². The van der Waals surface area contributed by atoms with Gasteiger partial charge in [-0.1, -0.05) is 54.6 Å². The number of nitrogens with two attached hydrogens (primary N) is 1. The summed E-state index contributed by atoms with van der Waals surface area (Å²) >= 11 is 0. The van der Waals surface area contributed by atoms with Crippen LogP contribution in [-0.2, 0) is 0 Å². The van der Waals surface area contributed by atoms with Gasteiger partial charge < -0.3 is 5.73 Å². The summed E-state index contributed by atoms with van der Waals surface area (Å²) in [6, 6.07) is 14.7. The van der Waals surface area contributed by atoms with Crippen LogP contribution in [0.2, 0.25) is 0 Å². The molecule has 0 saturated heterocycles. The van der Waals surface area contributed by atoms with Crippen LogP contribution in [0.1, 0.15) is 19.4 Å². The number of hydrogen-bond donors (Lipinski definition) is 1. The normalized spacial score (nSPS) is 12.4. The summed E-state index contributed by atoms with van der Waals surface area (Å²) < 4.78 is 0. The summed E-state index contributed by atoms with van der Waals surface area (Å²) in [5.41, 5.74) is 9.42. The summed E-state index contributed by atoms with van der Waals surface area (Å²) in [6.07, 6.45) is 4.14. The standard InChI is InChI=1S/C15H17N/c1-15(2,16)11-10-13-7-4-3-6-12-8-5-9-14(12)13/h3-11H,16H2,1-2H3. The van der Waals surface area contributed by atoms with Gasteiger partial charge in [0.1, 0.15) is 0 Å². The highest BCUT2D eigenvalue weighted by atomic mass is 14.7. The van der Waals surface area contributed by atoms with Gasteiger partial charge in [-0.05, 0) is 30.5 Å². The van der Waals surface area contributed by atoms with Gasteiger partial charge in [-0.3, -0.25) is 0 Å². The molecule has 0 spiro atoms. The molecule has 0 aromatic heterocycles. The van der Waals surface area contributed by atoms with E-state index in [4.69, 9.17) is 5.73 Å². The predicted octanol–water partition coefficient (Wildman–Crippen LogP) is 3.54. The first-order chi connectivity index (χ1) is 7.56. The molecule has 0 aromatic carbocycles. The van der Waals surface area contributed by atoms with Crippen LogP contribution in [0.4, 0.5) is 0 Å². The van der Waals surface area contributed by atoms with Crippen molar-refractivity contribution in [2.75, 3.05) is 0 Å². The highest BCUT2D eigenvalue weighted by Crippen LogP contribution is 2.26. The quantitative estimate of drug-likeness (QED) is 0.807. The number of fused-ring (bicyclic) bond motifs is 1. The average molecular weight is 211 g/mol. The van der Waals surface area contributed by atoms with Crippen LogP contribution >= 0.6 is 0 Å². The molecule has 0 unspecified atom stereocenters. The second-order valence-electron chi connectivity index (χ2n) is 4.72. The minimum atomic E-state index is -0.271. The maximum Gasteiger partial charge on any atom is 0.0284 e. The van der Waals surface area contributed by atoms with Crippen molar-refractivity contribution in [3.8, 4) is 11.1 Å². The molecular weight excluding hydrogens is 194 g/mol. The SMILES string of the molecule is CC(C)(N)C=Cc1ccccc2cccc1-2. The lowest BCUT2D eigenvalue weighted by atomic mass is 10.0. The van der Waals surface area contributed by atoms with Gasteiger partial charge in [0.15, 0.2) is 0 Å². The van der Waals surface area contributed by atoms with E-state index in [0.717, 1.165) is 0 Å². The Labute approximate surface area is 96.9 Å². The number of rotatable bonds is 2. The molecule has 0 atom stereocenters. The fourth-order valence-corrected chi connectivity index (χ4v) is 1.70. The molecule has 1 heteroatoms. The van der Waals surface area contributed by atoms with Gasteiger partial charge in [0.05, 0.1) is 0 Å². The van der Waals surface area contributed by atoms with Crippen molar-refractivity contribution in [1.82, 2.24) is 0 Å². The highest BCUT2D eigenvalue weighted by molar-refractivity contribution is 5.76. The molecule has 0 radical (unpaired) electrons. The van der Waals surface area contributed by atoms with E-state index in [1.54, 1.807) is 0 Å². The summed E-state index contributed by atoms with van der Waals surface area (Å²) in [5, 5.41) is 0. The zero-order valence-electron chi connectivity index (χ0n) is 9.77. The summed E-state index contributed by atoms with van der Waals surface area (Å²) in [4.78, 5) is 0. The topological polar surface area (TPSA) is 26.0 Å². The molecule has 2 aliphatic carbocycles. The van der Waals surface area contributed by atoms with Crippen molar-refractivity contribution in [2.45, 2.75) is 19.4 Å². The molecule has 82 valence electrons. The molecule has 0 saturated carbocycles. The van der Waals surface area contributed by atoms with Gasteiger partial charge in [0, 0.05) is 5.54 Å². The second kappa shape index (κ2) is 4.11. The molecule has 0 aliphatic heterocycles. The fraction of sp³-hybridized carbons (Fsp3) is 0.200. The first-order valence-electron chi connectivity index (χ1n) is 5.52. The third-order valence-corrected chi connectivity index (χ3v) is 2.52. The average Bonchev–Trinajstić information content (AvgIpc) is 2.56. The molecule has 0 fully saturated rings. The van der Waals surface area contributed by atoms with Gasteiger partial charge in [-0.15, -0.1) is 0 Å². The van der Waals surface area contributed by atoms with Gasteiger partial charge in [0.25, 0.3) is 0 Å². The van der Waals surface area contributed by atoms with Crippen molar-refractivity contribution in [3.05, 3.63) is 54.1 Å². The molecule has 0 amide bonds. The first kappa shape index (κ1) is 10.9. The third kappa shape index (κ3) is 2.50. The predicted molar refractivity (Wildman–Crippen MR) is 70.4 cm³/mol. The maximum atomic E-state index is 5.95.